The van der Waals surface area contributed by atoms with Crippen LogP contribution in [0.3, 0.4) is 0 Å². The fourth-order valence-electron chi connectivity index (χ4n) is 1.02. The minimum Gasteiger partial charge on any atom is -0.360 e. The first-order valence-electron chi connectivity index (χ1n) is 4.87. The smallest absolute Gasteiger partial charge is 0.239 e. The van der Waals surface area contributed by atoms with Crippen LogP contribution in [0.4, 0.5) is 5.82 Å². The maximum atomic E-state index is 11.3. The standard InChI is InChI=1S/C10H13N5O/c1-7(2)15-10(16)6-14-9-5-12-8(3-11)4-13-9/h4-5,7H,6H2,1-2H3,(H,13,14)(H,15,16). The molecule has 1 rings (SSSR count). The second kappa shape index (κ2) is 5.66. The molecule has 84 valence electrons. The Labute approximate surface area is 93.7 Å². The summed E-state index contributed by atoms with van der Waals surface area (Å²) in [5.74, 6) is 0.360. The Kier molecular flexibility index (Phi) is 4.21. The highest BCUT2D eigenvalue weighted by atomic mass is 16.1. The lowest BCUT2D eigenvalue weighted by molar-refractivity contribution is -0.119. The molecule has 0 aliphatic heterocycles. The van der Waals surface area contributed by atoms with Gasteiger partial charge in [-0.3, -0.25) is 4.79 Å². The number of nitrogens with zero attached hydrogens (tertiary/aromatic N) is 3. The lowest BCUT2D eigenvalue weighted by Crippen LogP contribution is -2.34. The molecule has 0 unspecified atom stereocenters. The van der Waals surface area contributed by atoms with Crippen LogP contribution in [-0.2, 0) is 4.79 Å². The van der Waals surface area contributed by atoms with Crippen molar-refractivity contribution in [2.24, 2.45) is 0 Å². The van der Waals surface area contributed by atoms with E-state index >= 15 is 0 Å². The second-order valence-corrected chi connectivity index (χ2v) is 3.47. The van der Waals surface area contributed by atoms with Gasteiger partial charge < -0.3 is 10.6 Å². The van der Waals surface area contributed by atoms with Gasteiger partial charge in [-0.25, -0.2) is 9.97 Å². The molecule has 0 aromatic carbocycles. The number of carbonyl (C=O) groups excluding carboxylic acids is 1. The summed E-state index contributed by atoms with van der Waals surface area (Å²) in [6.45, 7) is 3.91. The van der Waals surface area contributed by atoms with Crippen molar-refractivity contribution >= 4 is 11.7 Å². The highest BCUT2D eigenvalue weighted by Crippen LogP contribution is 1.99. The number of amides is 1. The van der Waals surface area contributed by atoms with Gasteiger partial charge in [-0.15, -0.1) is 0 Å². The number of nitriles is 1. The summed E-state index contributed by atoms with van der Waals surface area (Å²) in [6.07, 6.45) is 2.77. The lowest BCUT2D eigenvalue weighted by atomic mass is 10.4. The molecule has 6 heteroatoms. The van der Waals surface area contributed by atoms with Crippen molar-refractivity contribution in [2.75, 3.05) is 11.9 Å². The van der Waals surface area contributed by atoms with Crippen LogP contribution in [0, 0.1) is 11.3 Å². The van der Waals surface area contributed by atoms with Crippen molar-refractivity contribution < 1.29 is 4.79 Å². The third-order valence-electron chi connectivity index (χ3n) is 1.65. The summed E-state index contributed by atoms with van der Waals surface area (Å²) in [5.41, 5.74) is 0.247. The van der Waals surface area contributed by atoms with Crippen LogP contribution >= 0.6 is 0 Å². The number of aromatic nitrogens is 2. The van der Waals surface area contributed by atoms with E-state index in [1.54, 1.807) is 0 Å². The normalized spacial score (nSPS) is 9.62. The van der Waals surface area contributed by atoms with Gasteiger partial charge >= 0.3 is 0 Å². The van der Waals surface area contributed by atoms with Crippen molar-refractivity contribution in [3.8, 4) is 6.07 Å². The number of carbonyl (C=O) groups is 1. The zero-order valence-corrected chi connectivity index (χ0v) is 9.19. The molecule has 0 aliphatic carbocycles. The monoisotopic (exact) mass is 219 g/mol. The van der Waals surface area contributed by atoms with Gasteiger partial charge in [0.2, 0.25) is 5.91 Å². The molecule has 0 atom stereocenters. The fourth-order valence-corrected chi connectivity index (χ4v) is 1.02. The molecule has 6 nitrogen and oxygen atoms in total. The van der Waals surface area contributed by atoms with E-state index in [1.807, 2.05) is 19.9 Å². The van der Waals surface area contributed by atoms with Crippen LogP contribution in [0.25, 0.3) is 0 Å². The SMILES string of the molecule is CC(C)NC(=O)CNc1cnc(C#N)cn1. The highest BCUT2D eigenvalue weighted by molar-refractivity contribution is 5.80. The average molecular weight is 219 g/mol. The first-order chi connectivity index (χ1) is 7.61. The molecule has 0 spiro atoms. The molecule has 0 aliphatic rings. The predicted molar refractivity (Wildman–Crippen MR) is 58.5 cm³/mol. The third-order valence-corrected chi connectivity index (χ3v) is 1.65. The van der Waals surface area contributed by atoms with Gasteiger partial charge in [0.15, 0.2) is 5.69 Å². The maximum Gasteiger partial charge on any atom is 0.239 e. The Morgan fingerprint density at radius 3 is 2.75 bits per heavy atom. The topological polar surface area (TPSA) is 90.7 Å². The molecule has 0 bridgehead atoms. The van der Waals surface area contributed by atoms with E-state index in [0.717, 1.165) is 0 Å². The van der Waals surface area contributed by atoms with E-state index < -0.39 is 0 Å². The Balaban J connectivity index is 2.43. The molecule has 0 saturated carbocycles. The van der Waals surface area contributed by atoms with Crippen LogP contribution in [0.5, 0.6) is 0 Å². The molecule has 2 N–H and O–H groups in total. The lowest BCUT2D eigenvalue weighted by Gasteiger charge is -2.09. The number of hydrogen-bond acceptors (Lipinski definition) is 5. The zero-order chi connectivity index (χ0) is 12.0. The Morgan fingerprint density at radius 2 is 2.25 bits per heavy atom. The Hall–Kier alpha value is -2.16. The quantitative estimate of drug-likeness (QED) is 0.759. The van der Waals surface area contributed by atoms with Gasteiger partial charge in [-0.05, 0) is 13.8 Å². The van der Waals surface area contributed by atoms with Gasteiger partial charge in [0.25, 0.3) is 0 Å². The summed E-state index contributed by atoms with van der Waals surface area (Å²) in [5, 5.41) is 14.0. The number of rotatable bonds is 4. The number of anilines is 1. The second-order valence-electron chi connectivity index (χ2n) is 3.47. The maximum absolute atomic E-state index is 11.3. The molecule has 1 aromatic rings. The van der Waals surface area contributed by atoms with E-state index in [-0.39, 0.29) is 24.2 Å². The van der Waals surface area contributed by atoms with Gasteiger partial charge in [-0.1, -0.05) is 0 Å². The summed E-state index contributed by atoms with van der Waals surface area (Å²) >= 11 is 0. The Morgan fingerprint density at radius 1 is 1.50 bits per heavy atom. The molecular weight excluding hydrogens is 206 g/mol. The number of nitrogens with one attached hydrogen (secondary N) is 2. The van der Waals surface area contributed by atoms with Crippen molar-refractivity contribution in [2.45, 2.75) is 19.9 Å². The van der Waals surface area contributed by atoms with Crippen molar-refractivity contribution in [1.29, 1.82) is 5.26 Å². The molecule has 0 fully saturated rings. The molecule has 1 heterocycles. The zero-order valence-electron chi connectivity index (χ0n) is 9.19. The van der Waals surface area contributed by atoms with Crippen molar-refractivity contribution in [3.63, 3.8) is 0 Å². The minimum absolute atomic E-state index is 0.110. The minimum atomic E-state index is -0.110. The number of hydrogen-bond donors (Lipinski definition) is 2. The fraction of sp³-hybridized carbons (Fsp3) is 0.400. The molecular formula is C10H13N5O. The summed E-state index contributed by atoms with van der Waals surface area (Å²) < 4.78 is 0. The Bertz CT molecular complexity index is 393. The van der Waals surface area contributed by atoms with Crippen molar-refractivity contribution in [1.82, 2.24) is 15.3 Å². The molecule has 16 heavy (non-hydrogen) atoms. The van der Waals surface area contributed by atoms with E-state index in [0.29, 0.717) is 5.82 Å². The highest BCUT2D eigenvalue weighted by Gasteiger charge is 2.03. The van der Waals surface area contributed by atoms with Crippen LogP contribution in [0.2, 0.25) is 0 Å². The van der Waals surface area contributed by atoms with E-state index in [2.05, 4.69) is 20.6 Å². The van der Waals surface area contributed by atoms with Gasteiger partial charge in [0, 0.05) is 6.04 Å². The van der Waals surface area contributed by atoms with Crippen molar-refractivity contribution in [3.05, 3.63) is 18.1 Å². The first-order valence-corrected chi connectivity index (χ1v) is 4.87. The summed E-state index contributed by atoms with van der Waals surface area (Å²) in [4.78, 5) is 19.0. The first kappa shape index (κ1) is 11.9. The third kappa shape index (κ3) is 3.92. The van der Waals surface area contributed by atoms with Crippen LogP contribution < -0.4 is 10.6 Å². The molecule has 0 saturated heterocycles. The van der Waals surface area contributed by atoms with Gasteiger partial charge in [0.1, 0.15) is 11.9 Å². The summed E-state index contributed by atoms with van der Waals surface area (Å²) in [7, 11) is 0. The van der Waals surface area contributed by atoms with Crippen LogP contribution in [-0.4, -0.2) is 28.5 Å². The van der Waals surface area contributed by atoms with E-state index in [4.69, 9.17) is 5.26 Å². The largest absolute Gasteiger partial charge is 0.360 e. The van der Waals surface area contributed by atoms with Gasteiger partial charge in [-0.2, -0.15) is 5.26 Å². The predicted octanol–water partition coefficient (Wildman–Crippen LogP) is 0.285. The molecule has 0 radical (unpaired) electrons. The summed E-state index contributed by atoms with van der Waals surface area (Å²) in [6, 6.07) is 1.98. The molecule has 1 amide bonds. The van der Waals surface area contributed by atoms with Crippen LogP contribution in [0.15, 0.2) is 12.4 Å². The van der Waals surface area contributed by atoms with Crippen LogP contribution in [0.1, 0.15) is 19.5 Å². The van der Waals surface area contributed by atoms with E-state index in [9.17, 15) is 4.79 Å². The average Bonchev–Trinajstić information content (AvgIpc) is 2.26. The van der Waals surface area contributed by atoms with Gasteiger partial charge in [0.05, 0.1) is 18.9 Å². The molecule has 1 aromatic heterocycles. The van der Waals surface area contributed by atoms with E-state index in [1.165, 1.54) is 12.4 Å².